The van der Waals surface area contributed by atoms with Gasteiger partial charge in [0.05, 0.1) is 5.69 Å². The van der Waals surface area contributed by atoms with Crippen molar-refractivity contribution >= 4 is 17.3 Å². The minimum Gasteiger partial charge on any atom is -0.388 e. The Balaban J connectivity index is 1.94. The van der Waals surface area contributed by atoms with Crippen molar-refractivity contribution in [2.24, 2.45) is 0 Å². The molecule has 0 radical (unpaired) electrons. The van der Waals surface area contributed by atoms with Crippen molar-refractivity contribution in [3.8, 4) is 28.1 Å². The molecular weight excluding hydrogens is 342 g/mol. The second kappa shape index (κ2) is 7.06. The smallest absolute Gasteiger partial charge is 0.101 e. The van der Waals surface area contributed by atoms with Crippen LogP contribution in [0.15, 0.2) is 85.1 Å². The zero-order chi connectivity index (χ0) is 17.9. The zero-order valence-corrected chi connectivity index (χ0v) is 15.1. The van der Waals surface area contributed by atoms with Gasteiger partial charge in [-0.1, -0.05) is 60.1 Å². The maximum atomic E-state index is 6.07. The Kier molecular flexibility index (Phi) is 4.46. The highest BCUT2D eigenvalue weighted by Gasteiger charge is 2.16. The maximum absolute atomic E-state index is 6.07. The predicted octanol–water partition coefficient (Wildman–Crippen LogP) is 5.90. The van der Waals surface area contributed by atoms with E-state index in [0.29, 0.717) is 5.02 Å². The van der Waals surface area contributed by atoms with Crippen LogP contribution < -0.4 is 5.32 Å². The molecule has 0 unspecified atom stereocenters. The highest BCUT2D eigenvalue weighted by molar-refractivity contribution is 6.30. The number of hydrogen-bond acceptors (Lipinski definition) is 2. The Morgan fingerprint density at radius 3 is 2.23 bits per heavy atom. The van der Waals surface area contributed by atoms with Gasteiger partial charge in [0, 0.05) is 40.6 Å². The molecule has 1 N–H and O–H groups in total. The lowest BCUT2D eigenvalue weighted by atomic mass is 10.0. The molecule has 0 atom stereocenters. The second-order valence-electron chi connectivity index (χ2n) is 5.97. The van der Waals surface area contributed by atoms with E-state index in [0.717, 1.165) is 33.8 Å². The second-order valence-corrected chi connectivity index (χ2v) is 6.41. The molecule has 0 aliphatic rings. The molecule has 0 fully saturated rings. The largest absolute Gasteiger partial charge is 0.388 e. The molecule has 0 amide bonds. The van der Waals surface area contributed by atoms with Crippen LogP contribution in [-0.2, 0) is 0 Å². The van der Waals surface area contributed by atoms with E-state index in [9.17, 15) is 0 Å². The summed E-state index contributed by atoms with van der Waals surface area (Å²) in [5.41, 5.74) is 6.23. The predicted molar refractivity (Wildman–Crippen MR) is 109 cm³/mol. The van der Waals surface area contributed by atoms with Crippen molar-refractivity contribution in [1.29, 1.82) is 0 Å². The van der Waals surface area contributed by atoms with Gasteiger partial charge in [-0.25, -0.2) is 4.68 Å². The summed E-state index contributed by atoms with van der Waals surface area (Å²) in [5.74, 6) is 0. The third-order valence-corrected chi connectivity index (χ3v) is 4.59. The lowest BCUT2D eigenvalue weighted by Gasteiger charge is -2.09. The molecule has 4 rings (SSSR count). The number of aromatic nitrogens is 2. The molecule has 0 bridgehead atoms. The number of nitrogens with zero attached hydrogens (tertiary/aromatic N) is 2. The summed E-state index contributed by atoms with van der Waals surface area (Å²) in [6.07, 6.45) is 2.08. The molecule has 26 heavy (non-hydrogen) atoms. The van der Waals surface area contributed by atoms with Gasteiger partial charge in [-0.2, -0.15) is 5.10 Å². The number of rotatable bonds is 4. The molecule has 0 aliphatic heterocycles. The van der Waals surface area contributed by atoms with E-state index >= 15 is 0 Å². The SMILES string of the molecule is CNc1ccccc1-c1cn(-c2ccccc2)nc1-c1ccc(Cl)cc1. The third kappa shape index (κ3) is 3.09. The van der Waals surface area contributed by atoms with Gasteiger partial charge in [0.15, 0.2) is 0 Å². The van der Waals surface area contributed by atoms with E-state index < -0.39 is 0 Å². The molecule has 0 aliphatic carbocycles. The van der Waals surface area contributed by atoms with Gasteiger partial charge in [-0.3, -0.25) is 0 Å². The van der Waals surface area contributed by atoms with E-state index in [4.69, 9.17) is 16.7 Å². The van der Waals surface area contributed by atoms with Gasteiger partial charge < -0.3 is 5.32 Å². The minimum absolute atomic E-state index is 0.716. The standard InChI is InChI=1S/C22H18ClN3/c1-24-21-10-6-5-9-19(21)20-15-26(18-7-3-2-4-8-18)25-22(20)16-11-13-17(23)14-12-16/h2-15,24H,1H3. The Morgan fingerprint density at radius 2 is 1.50 bits per heavy atom. The summed E-state index contributed by atoms with van der Waals surface area (Å²) < 4.78 is 1.92. The summed E-state index contributed by atoms with van der Waals surface area (Å²) in [6.45, 7) is 0. The van der Waals surface area contributed by atoms with Gasteiger partial charge in [-0.05, 0) is 30.3 Å². The van der Waals surface area contributed by atoms with Crippen LogP contribution >= 0.6 is 11.6 Å². The van der Waals surface area contributed by atoms with Crippen molar-refractivity contribution < 1.29 is 0 Å². The molecular formula is C22H18ClN3. The lowest BCUT2D eigenvalue weighted by Crippen LogP contribution is -1.93. The van der Waals surface area contributed by atoms with Crippen LogP contribution in [0, 0.1) is 0 Å². The fourth-order valence-electron chi connectivity index (χ4n) is 3.04. The van der Waals surface area contributed by atoms with Gasteiger partial charge in [0.25, 0.3) is 0 Å². The van der Waals surface area contributed by atoms with Crippen LogP contribution in [0.1, 0.15) is 0 Å². The van der Waals surface area contributed by atoms with E-state index in [1.807, 2.05) is 78.5 Å². The van der Waals surface area contributed by atoms with Crippen molar-refractivity contribution in [2.75, 3.05) is 12.4 Å². The highest BCUT2D eigenvalue weighted by atomic mass is 35.5. The average Bonchev–Trinajstić information content (AvgIpc) is 3.14. The van der Waals surface area contributed by atoms with Gasteiger partial charge in [0.1, 0.15) is 5.69 Å². The number of nitrogens with one attached hydrogen (secondary N) is 1. The first-order valence-corrected chi connectivity index (χ1v) is 8.82. The molecule has 0 saturated heterocycles. The van der Waals surface area contributed by atoms with Crippen molar-refractivity contribution in [1.82, 2.24) is 9.78 Å². The van der Waals surface area contributed by atoms with Gasteiger partial charge in [0.2, 0.25) is 0 Å². The Labute approximate surface area is 157 Å². The molecule has 0 spiro atoms. The number of hydrogen-bond donors (Lipinski definition) is 1. The monoisotopic (exact) mass is 359 g/mol. The lowest BCUT2D eigenvalue weighted by molar-refractivity contribution is 0.884. The molecule has 128 valence electrons. The number of para-hydroxylation sites is 2. The summed E-state index contributed by atoms with van der Waals surface area (Å²) >= 11 is 6.07. The third-order valence-electron chi connectivity index (χ3n) is 4.34. The topological polar surface area (TPSA) is 29.9 Å². The fraction of sp³-hybridized carbons (Fsp3) is 0.0455. The Hall–Kier alpha value is -3.04. The van der Waals surface area contributed by atoms with Crippen molar-refractivity contribution in [3.05, 3.63) is 90.1 Å². The van der Waals surface area contributed by atoms with E-state index in [1.165, 1.54) is 0 Å². The molecule has 1 heterocycles. The molecule has 1 aromatic heterocycles. The van der Waals surface area contributed by atoms with Crippen LogP contribution in [0.25, 0.3) is 28.1 Å². The van der Waals surface area contributed by atoms with Crippen molar-refractivity contribution in [2.45, 2.75) is 0 Å². The highest BCUT2D eigenvalue weighted by Crippen LogP contribution is 2.36. The fourth-order valence-corrected chi connectivity index (χ4v) is 3.17. The van der Waals surface area contributed by atoms with Crippen LogP contribution in [0.4, 0.5) is 5.69 Å². The molecule has 4 heteroatoms. The minimum atomic E-state index is 0.716. The Morgan fingerprint density at radius 1 is 0.808 bits per heavy atom. The van der Waals surface area contributed by atoms with E-state index in [1.54, 1.807) is 0 Å². The summed E-state index contributed by atoms with van der Waals surface area (Å²) in [5, 5.41) is 8.87. The van der Waals surface area contributed by atoms with Gasteiger partial charge in [-0.15, -0.1) is 0 Å². The normalized spacial score (nSPS) is 10.7. The average molecular weight is 360 g/mol. The quantitative estimate of drug-likeness (QED) is 0.491. The first-order chi connectivity index (χ1) is 12.8. The van der Waals surface area contributed by atoms with Crippen LogP contribution in [0.5, 0.6) is 0 Å². The summed E-state index contributed by atoms with van der Waals surface area (Å²) in [7, 11) is 1.93. The number of halogens is 1. The summed E-state index contributed by atoms with van der Waals surface area (Å²) in [6, 6.07) is 26.2. The maximum Gasteiger partial charge on any atom is 0.101 e. The number of benzene rings is 3. The van der Waals surface area contributed by atoms with E-state index in [2.05, 4.69) is 23.6 Å². The molecule has 3 nitrogen and oxygen atoms in total. The molecule has 4 aromatic rings. The van der Waals surface area contributed by atoms with Crippen LogP contribution in [-0.4, -0.2) is 16.8 Å². The van der Waals surface area contributed by atoms with Gasteiger partial charge >= 0.3 is 0 Å². The Bertz CT molecular complexity index is 1020. The van der Waals surface area contributed by atoms with Crippen molar-refractivity contribution in [3.63, 3.8) is 0 Å². The van der Waals surface area contributed by atoms with E-state index in [-0.39, 0.29) is 0 Å². The summed E-state index contributed by atoms with van der Waals surface area (Å²) in [4.78, 5) is 0. The van der Waals surface area contributed by atoms with Crippen LogP contribution in [0.3, 0.4) is 0 Å². The zero-order valence-electron chi connectivity index (χ0n) is 14.4. The molecule has 0 saturated carbocycles. The first-order valence-electron chi connectivity index (χ1n) is 8.44. The molecule has 3 aromatic carbocycles. The van der Waals surface area contributed by atoms with Crippen LogP contribution in [0.2, 0.25) is 5.02 Å². The number of anilines is 1. The first kappa shape index (κ1) is 16.4.